The van der Waals surface area contributed by atoms with Crippen LogP contribution in [0.3, 0.4) is 0 Å². The van der Waals surface area contributed by atoms with Crippen LogP contribution in [0.5, 0.6) is 0 Å². The molecule has 0 amide bonds. The second-order valence-electron chi connectivity index (χ2n) is 13.2. The molecule has 226 valence electrons. The lowest BCUT2D eigenvalue weighted by atomic mass is 9.82. The second-order valence-corrected chi connectivity index (χ2v) is 14.3. The van der Waals surface area contributed by atoms with Crippen molar-refractivity contribution in [3.63, 3.8) is 0 Å². The van der Waals surface area contributed by atoms with Crippen molar-refractivity contribution in [3.8, 4) is 11.1 Å². The zero-order valence-corrected chi connectivity index (χ0v) is 27.0. The summed E-state index contributed by atoms with van der Waals surface area (Å²) < 4.78 is 5.00. The van der Waals surface area contributed by atoms with Gasteiger partial charge in [0.2, 0.25) is 5.96 Å². The van der Waals surface area contributed by atoms with Crippen molar-refractivity contribution in [2.45, 2.75) is 31.6 Å². The summed E-state index contributed by atoms with van der Waals surface area (Å²) in [7, 11) is 0. The number of thiophene rings is 1. The van der Waals surface area contributed by atoms with E-state index in [0.29, 0.717) is 0 Å². The Hall–Kier alpha value is -5.23. The molecule has 5 heteroatoms. The Morgan fingerprint density at radius 2 is 1.40 bits per heavy atom. The monoisotopic (exact) mass is 624 g/mol. The lowest BCUT2D eigenvalue weighted by Gasteiger charge is -2.33. The molecule has 2 atom stereocenters. The van der Waals surface area contributed by atoms with Crippen LogP contribution >= 0.6 is 11.3 Å². The minimum atomic E-state index is -0.237. The van der Waals surface area contributed by atoms with Crippen LogP contribution in [0.1, 0.15) is 48.4 Å². The third-order valence-electron chi connectivity index (χ3n) is 10.3. The Balaban J connectivity index is 1.25. The highest BCUT2D eigenvalue weighted by molar-refractivity contribution is 7.26. The zero-order valence-electron chi connectivity index (χ0n) is 26.2. The molecule has 4 nitrogen and oxygen atoms in total. The molecule has 2 aromatic heterocycles. The summed E-state index contributed by atoms with van der Waals surface area (Å²) in [6.45, 7) is 4.70. The van der Waals surface area contributed by atoms with E-state index in [4.69, 9.17) is 4.99 Å². The van der Waals surface area contributed by atoms with Gasteiger partial charge < -0.3 is 5.32 Å². The predicted octanol–water partition coefficient (Wildman–Crippen LogP) is 10.3. The van der Waals surface area contributed by atoms with Crippen molar-refractivity contribution < 1.29 is 0 Å². The molecule has 3 heterocycles. The number of fused-ring (bicyclic) bond motifs is 10. The minimum absolute atomic E-state index is 0.101. The molecule has 0 saturated heterocycles. The fraction of sp³-hybridized carbons (Fsp3) is 0.119. The van der Waals surface area contributed by atoms with Crippen molar-refractivity contribution in [1.29, 1.82) is 0 Å². The summed E-state index contributed by atoms with van der Waals surface area (Å²) in [5, 5.41) is 12.9. The molecule has 0 spiro atoms. The normalized spacial score (nSPS) is 18.4. The minimum Gasteiger partial charge on any atom is -0.336 e. The van der Waals surface area contributed by atoms with E-state index >= 15 is 0 Å². The van der Waals surface area contributed by atoms with E-state index < -0.39 is 0 Å². The van der Waals surface area contributed by atoms with Crippen molar-refractivity contribution >= 4 is 59.3 Å². The van der Waals surface area contributed by atoms with Gasteiger partial charge in [0.25, 0.3) is 0 Å². The number of benzene rings is 6. The first-order valence-corrected chi connectivity index (χ1v) is 17.1. The molecule has 2 aliphatic rings. The van der Waals surface area contributed by atoms with Gasteiger partial charge in [0, 0.05) is 47.5 Å². The number of hydrogen-bond acceptors (Lipinski definition) is 4. The molecule has 2 N–H and O–H groups in total. The van der Waals surface area contributed by atoms with Crippen LogP contribution in [-0.2, 0) is 5.41 Å². The van der Waals surface area contributed by atoms with Gasteiger partial charge in [-0.25, -0.2) is 4.99 Å². The molecular weight excluding hydrogens is 593 g/mol. The number of nitrogens with zero attached hydrogens (tertiary/aromatic N) is 2. The fourth-order valence-electron chi connectivity index (χ4n) is 8.08. The summed E-state index contributed by atoms with van der Waals surface area (Å²) >= 11 is 1.86. The first kappa shape index (κ1) is 26.9. The average molecular weight is 625 g/mol. The number of para-hydroxylation sites is 1. The molecule has 1 aliphatic carbocycles. The Labute approximate surface area is 277 Å². The van der Waals surface area contributed by atoms with Crippen LogP contribution in [0, 0.1) is 0 Å². The standard InChI is InChI=1S/C42H32N4S/c1-42(2)32-20-9-6-17-30(32)36-33(42)24-23-28-26-15-7-10-21-34(26)46(37(28)36)41-44-39(25-13-4-3-5-14-25)43-40(45-41)31-19-12-18-29-27-16-8-11-22-35(27)47-38(29)31/h3-24,39-40,43H,1-2H3,(H,44,45). The maximum absolute atomic E-state index is 5.47. The number of hydrogen-bond donors (Lipinski definition) is 2. The van der Waals surface area contributed by atoms with Crippen molar-refractivity contribution in [1.82, 2.24) is 15.2 Å². The van der Waals surface area contributed by atoms with Gasteiger partial charge in [-0.2, -0.15) is 0 Å². The van der Waals surface area contributed by atoms with Gasteiger partial charge in [-0.3, -0.25) is 9.88 Å². The zero-order chi connectivity index (χ0) is 31.3. The van der Waals surface area contributed by atoms with Crippen LogP contribution in [0.15, 0.2) is 138 Å². The molecule has 0 saturated carbocycles. The van der Waals surface area contributed by atoms with E-state index in [1.54, 1.807) is 0 Å². The van der Waals surface area contributed by atoms with Crippen molar-refractivity contribution in [2.24, 2.45) is 4.99 Å². The molecule has 2 unspecified atom stereocenters. The number of nitrogens with one attached hydrogen (secondary N) is 2. The van der Waals surface area contributed by atoms with Gasteiger partial charge in [-0.15, -0.1) is 11.3 Å². The quantitative estimate of drug-likeness (QED) is 0.201. The maximum Gasteiger partial charge on any atom is 0.206 e. The topological polar surface area (TPSA) is 41.4 Å². The highest BCUT2D eigenvalue weighted by atomic mass is 32.1. The van der Waals surface area contributed by atoms with Gasteiger partial charge in [0.05, 0.1) is 11.0 Å². The maximum atomic E-state index is 5.47. The number of aromatic nitrogens is 1. The van der Waals surface area contributed by atoms with Gasteiger partial charge in [-0.05, 0) is 34.4 Å². The summed E-state index contributed by atoms with van der Waals surface area (Å²) in [4.78, 5) is 5.47. The van der Waals surface area contributed by atoms with Gasteiger partial charge in [-0.1, -0.05) is 135 Å². The molecule has 0 radical (unpaired) electrons. The summed E-state index contributed by atoms with van der Waals surface area (Å²) in [6.07, 6.45) is -0.403. The third-order valence-corrected chi connectivity index (χ3v) is 11.5. The molecule has 0 bridgehead atoms. The Kier molecular flexibility index (Phi) is 5.66. The average Bonchev–Trinajstić information content (AvgIpc) is 3.74. The van der Waals surface area contributed by atoms with E-state index in [0.717, 1.165) is 17.0 Å². The lowest BCUT2D eigenvalue weighted by molar-refractivity contribution is 0.405. The first-order chi connectivity index (χ1) is 23.1. The van der Waals surface area contributed by atoms with E-state index in [9.17, 15) is 0 Å². The van der Waals surface area contributed by atoms with E-state index in [1.165, 1.54) is 64.3 Å². The van der Waals surface area contributed by atoms with Crippen LogP contribution < -0.4 is 10.6 Å². The SMILES string of the molecule is CC1(C)c2ccccc2-c2c1ccc1c3ccccc3n(C3=NC(c4ccccc4)NC(c4cccc5c4sc4ccccc45)N3)c21. The van der Waals surface area contributed by atoms with E-state index in [-0.39, 0.29) is 17.7 Å². The largest absolute Gasteiger partial charge is 0.336 e. The molecule has 47 heavy (non-hydrogen) atoms. The van der Waals surface area contributed by atoms with Gasteiger partial charge in [0.1, 0.15) is 12.3 Å². The third kappa shape index (κ3) is 3.81. The van der Waals surface area contributed by atoms with Gasteiger partial charge >= 0.3 is 0 Å². The molecule has 1 aliphatic heterocycles. The summed E-state index contributed by atoms with van der Waals surface area (Å²) in [5.74, 6) is 0.850. The van der Waals surface area contributed by atoms with Crippen molar-refractivity contribution in [2.75, 3.05) is 0 Å². The Morgan fingerprint density at radius 3 is 2.30 bits per heavy atom. The summed E-state index contributed by atoms with van der Waals surface area (Å²) in [5.41, 5.74) is 9.97. The molecule has 0 fully saturated rings. The van der Waals surface area contributed by atoms with Crippen LogP contribution in [-0.4, -0.2) is 10.5 Å². The molecule has 8 aromatic rings. The Morgan fingerprint density at radius 1 is 0.660 bits per heavy atom. The molecule has 6 aromatic carbocycles. The highest BCUT2D eigenvalue weighted by Crippen LogP contribution is 2.52. The smallest absolute Gasteiger partial charge is 0.206 e. The number of rotatable bonds is 2. The van der Waals surface area contributed by atoms with Crippen LogP contribution in [0.25, 0.3) is 53.1 Å². The first-order valence-electron chi connectivity index (χ1n) is 16.3. The highest BCUT2D eigenvalue weighted by Gasteiger charge is 2.38. The number of aliphatic imine (C=N–C) groups is 1. The Bertz CT molecular complexity index is 2570. The summed E-state index contributed by atoms with van der Waals surface area (Å²) in [6, 6.07) is 48.4. The predicted molar refractivity (Wildman–Crippen MR) is 197 cm³/mol. The fourth-order valence-corrected chi connectivity index (χ4v) is 9.33. The van der Waals surface area contributed by atoms with Gasteiger partial charge in [0.15, 0.2) is 0 Å². The van der Waals surface area contributed by atoms with Crippen molar-refractivity contribution in [3.05, 3.63) is 156 Å². The molecule has 10 rings (SSSR count). The lowest BCUT2D eigenvalue weighted by Crippen LogP contribution is -2.47. The second kappa shape index (κ2) is 9.88. The van der Waals surface area contributed by atoms with E-state index in [2.05, 4.69) is 163 Å². The van der Waals surface area contributed by atoms with Crippen LogP contribution in [0.4, 0.5) is 0 Å². The van der Waals surface area contributed by atoms with E-state index in [1.807, 2.05) is 11.3 Å². The van der Waals surface area contributed by atoms with Crippen LogP contribution in [0.2, 0.25) is 0 Å². The molecular formula is C42H32N4S.